The number of hydrogen-bond donors (Lipinski definition) is 2. The van der Waals surface area contributed by atoms with Crippen molar-refractivity contribution >= 4 is 76.5 Å². The van der Waals surface area contributed by atoms with Crippen LogP contribution in [-0.2, 0) is 78.6 Å². The second-order valence-corrected chi connectivity index (χ2v) is 26.5. The monoisotopic (exact) mass is 1380 g/mol. The topological polar surface area (TPSA) is 289 Å². The molecule has 2 N–H and O–H groups in total. The number of carbonyl (C=O) groups is 11. The number of carbonyl (C=O) groups excluding carboxylic acids is 11. The fourth-order valence-corrected chi connectivity index (χ4v) is 12.4. The molecule has 0 bridgehead atoms. The third kappa shape index (κ3) is 19.6. The Morgan fingerprint density at radius 2 is 0.980 bits per heavy atom. The summed E-state index contributed by atoms with van der Waals surface area (Å²) in [5, 5.41) is 5.50. The summed E-state index contributed by atoms with van der Waals surface area (Å²) < 4.78 is 40.3. The Labute approximate surface area is 583 Å². The molecular weight excluding hydrogens is 1280 g/mol. The van der Waals surface area contributed by atoms with Crippen LogP contribution in [0.3, 0.4) is 0 Å². The van der Waals surface area contributed by atoms with Gasteiger partial charge in [-0.15, -0.1) is 0 Å². The maximum absolute atomic E-state index is 14.3. The summed E-state index contributed by atoms with van der Waals surface area (Å²) in [7, 11) is 1.46. The van der Waals surface area contributed by atoms with Crippen molar-refractivity contribution < 1.29 is 85.9 Å². The van der Waals surface area contributed by atoms with Crippen molar-refractivity contribution in [2.45, 2.75) is 144 Å². The first-order valence-electron chi connectivity index (χ1n) is 33.9. The minimum absolute atomic E-state index is 0.00263. The van der Waals surface area contributed by atoms with E-state index in [1.165, 1.54) is 34.0 Å². The van der Waals surface area contributed by atoms with Gasteiger partial charge in [-0.2, -0.15) is 0 Å². The standard InChI is InChI=1S/C76H92N6O18/c1-12-25-97-69(86)35-58(45(3)4)71(88)77-49(9)64(84)31-51-17-21-53(22-18-51)43-99-75(92)81-40-55-29-47(7)39-79(55)74(91)61-34-67(94-11)68(38-63(61)81)96-28-16-14-15-27-95-66-37-62-60(30-48(66)8)73(90)80-42-57(83)33-56(80)41-82(62)76(93)100-44-54-23-19-52(20-24-54)32-65(85)50(10)78-72(89)59(46(5)6)36-70(87)98-26-13-2/h12-13,17-24,30,34,37-38,45-46,49-50,55-56,58-59H,1-2,7,14-16,25-29,31-33,35-36,39-44H2,3-6,8-11H3,(H,77,88)(H,78,89)/t49-,50-,55-,56-,58-,59-/m0/s1. The molecule has 8 rings (SSSR count). The molecule has 0 aliphatic carbocycles. The maximum atomic E-state index is 14.3. The summed E-state index contributed by atoms with van der Waals surface area (Å²) in [5.41, 5.74) is 5.07. The van der Waals surface area contributed by atoms with Crippen LogP contribution in [0.1, 0.15) is 135 Å². The van der Waals surface area contributed by atoms with Crippen LogP contribution in [0.4, 0.5) is 21.0 Å². The van der Waals surface area contributed by atoms with E-state index in [0.717, 1.165) is 5.57 Å². The Morgan fingerprint density at radius 3 is 1.44 bits per heavy atom. The molecule has 2 saturated heterocycles. The average molecular weight is 1380 g/mol. The fraction of sp³-hybridized carbons (Fsp3) is 0.461. The average Bonchev–Trinajstić information content (AvgIpc) is 1.59. The van der Waals surface area contributed by atoms with Crippen LogP contribution in [0.25, 0.3) is 0 Å². The molecule has 2 fully saturated rings. The number of rotatable bonds is 33. The Morgan fingerprint density at radius 1 is 0.550 bits per heavy atom. The molecule has 0 spiro atoms. The number of nitrogens with zero attached hydrogens (tertiary/aromatic N) is 4. The van der Waals surface area contributed by atoms with Gasteiger partial charge in [0.05, 0.1) is 111 Å². The van der Waals surface area contributed by atoms with Crippen LogP contribution >= 0.6 is 0 Å². The van der Waals surface area contributed by atoms with Gasteiger partial charge >= 0.3 is 24.1 Å². The molecule has 24 nitrogen and oxygen atoms in total. The molecule has 6 amide bonds. The predicted octanol–water partition coefficient (Wildman–Crippen LogP) is 9.52. The number of nitrogens with one attached hydrogen (secondary N) is 2. The molecule has 0 aromatic heterocycles. The lowest BCUT2D eigenvalue weighted by molar-refractivity contribution is -0.147. The SMILES string of the molecule is C=CCOC(=O)C[C@H](C(=O)N[C@@H](C)C(=O)Cc1ccc(COC(=O)N2C[C@@H]3CC(=C)CN3C(=O)c3cc(OC)c(OCCCCCOc4cc5c(cc4C)C(=O)N4CC(=O)C[C@H]4CN5C(=O)OCc4ccc(CC(=O)[C@H](C)NC(=O)[C@@H](CC(=O)OCC=C)C(C)C)cc4)cc32)cc1)C(C)C. The van der Waals surface area contributed by atoms with E-state index in [0.29, 0.717) is 71.5 Å². The molecule has 4 aliphatic rings. The zero-order valence-electron chi connectivity index (χ0n) is 58.4. The van der Waals surface area contributed by atoms with Gasteiger partial charge in [0.25, 0.3) is 11.8 Å². The number of anilines is 2. The van der Waals surface area contributed by atoms with Crippen LogP contribution in [0, 0.1) is 30.6 Å². The minimum atomic E-state index is -0.838. The summed E-state index contributed by atoms with van der Waals surface area (Å²) >= 11 is 0. The van der Waals surface area contributed by atoms with E-state index in [1.54, 1.807) is 98.5 Å². The molecular formula is C76H92N6O18. The smallest absolute Gasteiger partial charge is 0.414 e. The summed E-state index contributed by atoms with van der Waals surface area (Å²) in [4.78, 5) is 153. The van der Waals surface area contributed by atoms with Crippen molar-refractivity contribution in [2.24, 2.45) is 23.7 Å². The number of ketones is 3. The molecule has 6 atom stereocenters. The van der Waals surface area contributed by atoms with E-state index in [4.69, 9.17) is 33.2 Å². The maximum Gasteiger partial charge on any atom is 0.414 e. The highest BCUT2D eigenvalue weighted by Gasteiger charge is 2.44. The molecule has 0 saturated carbocycles. The van der Waals surface area contributed by atoms with Crippen LogP contribution in [-0.4, -0.2) is 159 Å². The van der Waals surface area contributed by atoms with Gasteiger partial charge in [-0.3, -0.25) is 53.0 Å². The fourth-order valence-electron chi connectivity index (χ4n) is 12.4. The lowest BCUT2D eigenvalue weighted by Gasteiger charge is -2.26. The predicted molar refractivity (Wildman–Crippen MR) is 371 cm³/mol. The molecule has 100 heavy (non-hydrogen) atoms. The lowest BCUT2D eigenvalue weighted by Crippen LogP contribution is -2.44. The number of benzene rings is 4. The summed E-state index contributed by atoms with van der Waals surface area (Å²) in [6.07, 6.45) is 3.53. The number of unbranched alkanes of at least 4 members (excludes halogenated alkanes) is 2. The minimum Gasteiger partial charge on any atom is -0.493 e. The van der Waals surface area contributed by atoms with Crippen molar-refractivity contribution in [1.29, 1.82) is 0 Å². The normalized spacial score (nSPS) is 16.7. The molecule has 4 aliphatic heterocycles. The number of aryl methyl sites for hydroxylation is 1. The van der Waals surface area contributed by atoms with E-state index in [-0.39, 0.29) is 167 Å². The van der Waals surface area contributed by atoms with Gasteiger partial charge in [0.2, 0.25) is 11.8 Å². The molecule has 0 radical (unpaired) electrons. The van der Waals surface area contributed by atoms with Crippen LogP contribution in [0.5, 0.6) is 17.2 Å². The van der Waals surface area contributed by atoms with Gasteiger partial charge in [0.1, 0.15) is 32.2 Å². The van der Waals surface area contributed by atoms with E-state index in [2.05, 4.69) is 30.4 Å². The van der Waals surface area contributed by atoms with Crippen molar-refractivity contribution in [3.8, 4) is 17.2 Å². The number of Topliss-reactive ketones (excluding diaryl/α,β-unsaturated/α-hetero) is 3. The highest BCUT2D eigenvalue weighted by Crippen LogP contribution is 2.41. The third-order valence-electron chi connectivity index (χ3n) is 18.3. The van der Waals surface area contributed by atoms with Crippen LogP contribution in [0.15, 0.2) is 110 Å². The Balaban J connectivity index is 0.849. The zero-order chi connectivity index (χ0) is 72.5. The van der Waals surface area contributed by atoms with Crippen molar-refractivity contribution in [2.75, 3.05) is 69.5 Å². The second kappa shape index (κ2) is 35.1. The first kappa shape index (κ1) is 75.6. The molecule has 4 aromatic carbocycles. The first-order valence-corrected chi connectivity index (χ1v) is 33.9. The zero-order valence-corrected chi connectivity index (χ0v) is 58.4. The van der Waals surface area contributed by atoms with Crippen molar-refractivity contribution in [3.63, 3.8) is 0 Å². The summed E-state index contributed by atoms with van der Waals surface area (Å²) in [6.45, 7) is 24.1. The van der Waals surface area contributed by atoms with Gasteiger partial charge in [-0.1, -0.05) is 114 Å². The van der Waals surface area contributed by atoms with Gasteiger partial charge in [-0.05, 0) is 98.2 Å². The number of ether oxygens (including phenoxy) is 7. The molecule has 4 aromatic rings. The Bertz CT molecular complexity index is 3750. The molecule has 0 unspecified atom stereocenters. The highest BCUT2D eigenvalue weighted by molar-refractivity contribution is 6.08. The summed E-state index contributed by atoms with van der Waals surface area (Å²) in [6, 6.07) is 17.8. The van der Waals surface area contributed by atoms with Gasteiger partial charge in [-0.25, -0.2) is 9.59 Å². The summed E-state index contributed by atoms with van der Waals surface area (Å²) in [5.74, 6) is -3.95. The Hall–Kier alpha value is -10.1. The molecule has 4 heterocycles. The Kier molecular flexibility index (Phi) is 26.5. The van der Waals surface area contributed by atoms with E-state index in [1.807, 2.05) is 27.7 Å². The first-order chi connectivity index (χ1) is 47.8. The number of hydrogen-bond acceptors (Lipinski definition) is 18. The number of fused-ring (bicyclic) bond motifs is 4. The molecule has 534 valence electrons. The second-order valence-electron chi connectivity index (χ2n) is 26.5. The number of methoxy groups -OCH3 is 1. The van der Waals surface area contributed by atoms with Crippen LogP contribution in [0.2, 0.25) is 0 Å². The third-order valence-corrected chi connectivity index (χ3v) is 18.3. The lowest BCUT2D eigenvalue weighted by atomic mass is 9.91. The van der Waals surface area contributed by atoms with Crippen LogP contribution < -0.4 is 34.6 Å². The highest BCUT2D eigenvalue weighted by atomic mass is 16.6. The van der Waals surface area contributed by atoms with Gasteiger partial charge in [0, 0.05) is 37.9 Å². The largest absolute Gasteiger partial charge is 0.493 e. The van der Waals surface area contributed by atoms with Crippen molar-refractivity contribution in [3.05, 3.63) is 149 Å². The van der Waals surface area contributed by atoms with Crippen molar-refractivity contribution in [1.82, 2.24) is 20.4 Å². The van der Waals surface area contributed by atoms with E-state index >= 15 is 0 Å². The quantitative estimate of drug-likeness (QED) is 0.0194. The van der Waals surface area contributed by atoms with E-state index < -0.39 is 65.9 Å². The molecule has 24 heteroatoms. The van der Waals surface area contributed by atoms with E-state index in [9.17, 15) is 52.7 Å². The van der Waals surface area contributed by atoms with Gasteiger partial charge < -0.3 is 53.6 Å². The van der Waals surface area contributed by atoms with Gasteiger partial charge in [0.15, 0.2) is 28.8 Å². The number of amides is 6. The number of esters is 2.